The number of nitrogens with one attached hydrogen (secondary N) is 1. The summed E-state index contributed by atoms with van der Waals surface area (Å²) in [5.41, 5.74) is 3.66. The Labute approximate surface area is 162 Å². The van der Waals surface area contributed by atoms with Gasteiger partial charge in [0.05, 0.1) is 18.3 Å². The van der Waals surface area contributed by atoms with E-state index >= 15 is 0 Å². The molecule has 4 rings (SSSR count). The lowest BCUT2D eigenvalue weighted by molar-refractivity contribution is 0.0951. The molecule has 0 unspecified atom stereocenters. The van der Waals surface area contributed by atoms with Crippen molar-refractivity contribution in [2.24, 2.45) is 0 Å². The van der Waals surface area contributed by atoms with Crippen molar-refractivity contribution in [3.63, 3.8) is 0 Å². The summed E-state index contributed by atoms with van der Waals surface area (Å²) in [4.78, 5) is 12.5. The molecule has 1 amide bonds. The Bertz CT molecular complexity index is 1090. The number of hydrogen-bond acceptors (Lipinski definition) is 2. The van der Waals surface area contributed by atoms with Gasteiger partial charge in [-0.05, 0) is 35.4 Å². The van der Waals surface area contributed by atoms with Gasteiger partial charge in [-0.2, -0.15) is 5.10 Å². The molecule has 0 aliphatic rings. The highest BCUT2D eigenvalue weighted by Crippen LogP contribution is 2.19. The molecule has 1 aromatic heterocycles. The topological polar surface area (TPSA) is 46.9 Å². The van der Waals surface area contributed by atoms with Gasteiger partial charge in [0, 0.05) is 22.5 Å². The van der Waals surface area contributed by atoms with Gasteiger partial charge >= 0.3 is 0 Å². The highest BCUT2D eigenvalue weighted by Gasteiger charge is 2.10. The molecule has 134 valence electrons. The number of carbonyl (C=O) groups is 1. The number of fused-ring (bicyclic) bond motifs is 1. The Morgan fingerprint density at radius 2 is 1.78 bits per heavy atom. The molecule has 0 saturated carbocycles. The standard InChI is InChI=1S/C22H18ClN3O/c23-20-8-4-7-17(11-20)15-26-21-12-18(9-10-19(21)14-25-26)22(27)24-13-16-5-2-1-3-6-16/h1-12,14H,13,15H2,(H,24,27). The number of carbonyl (C=O) groups excluding carboxylic acids is 1. The molecule has 0 saturated heterocycles. The van der Waals surface area contributed by atoms with Crippen LogP contribution in [0, 0.1) is 0 Å². The summed E-state index contributed by atoms with van der Waals surface area (Å²) in [7, 11) is 0. The van der Waals surface area contributed by atoms with Crippen LogP contribution < -0.4 is 5.32 Å². The van der Waals surface area contributed by atoms with Crippen LogP contribution in [0.3, 0.4) is 0 Å². The monoisotopic (exact) mass is 375 g/mol. The molecule has 0 fully saturated rings. The smallest absolute Gasteiger partial charge is 0.251 e. The molecule has 4 nitrogen and oxygen atoms in total. The first kappa shape index (κ1) is 17.3. The van der Waals surface area contributed by atoms with Crippen molar-refractivity contribution in [3.05, 3.63) is 101 Å². The molecular formula is C22H18ClN3O. The highest BCUT2D eigenvalue weighted by molar-refractivity contribution is 6.30. The zero-order valence-electron chi connectivity index (χ0n) is 14.6. The van der Waals surface area contributed by atoms with E-state index in [0.29, 0.717) is 23.7 Å². The summed E-state index contributed by atoms with van der Waals surface area (Å²) in [5.74, 6) is -0.101. The summed E-state index contributed by atoms with van der Waals surface area (Å²) in [6.07, 6.45) is 1.81. The van der Waals surface area contributed by atoms with Crippen molar-refractivity contribution >= 4 is 28.4 Å². The minimum absolute atomic E-state index is 0.101. The molecule has 1 heterocycles. The van der Waals surface area contributed by atoms with Crippen molar-refractivity contribution in [2.45, 2.75) is 13.1 Å². The van der Waals surface area contributed by atoms with E-state index in [1.54, 1.807) is 0 Å². The van der Waals surface area contributed by atoms with Gasteiger partial charge in [-0.25, -0.2) is 0 Å². The van der Waals surface area contributed by atoms with E-state index in [-0.39, 0.29) is 5.91 Å². The van der Waals surface area contributed by atoms with Crippen molar-refractivity contribution in [2.75, 3.05) is 0 Å². The second-order valence-electron chi connectivity index (χ2n) is 6.37. The van der Waals surface area contributed by atoms with E-state index in [9.17, 15) is 4.79 Å². The number of nitrogens with zero attached hydrogens (tertiary/aromatic N) is 2. The first-order chi connectivity index (χ1) is 13.2. The van der Waals surface area contributed by atoms with Crippen LogP contribution in [0.25, 0.3) is 10.9 Å². The van der Waals surface area contributed by atoms with Gasteiger partial charge in [0.15, 0.2) is 0 Å². The summed E-state index contributed by atoms with van der Waals surface area (Å²) in [5, 5.41) is 9.11. The molecule has 0 aliphatic carbocycles. The molecule has 3 aromatic carbocycles. The average Bonchev–Trinajstić information content (AvgIpc) is 3.09. The van der Waals surface area contributed by atoms with Gasteiger partial charge in [-0.15, -0.1) is 0 Å². The molecule has 0 radical (unpaired) electrons. The number of hydrogen-bond donors (Lipinski definition) is 1. The lowest BCUT2D eigenvalue weighted by Gasteiger charge is -2.08. The van der Waals surface area contributed by atoms with Crippen LogP contribution in [0.2, 0.25) is 5.02 Å². The predicted molar refractivity (Wildman–Crippen MR) is 108 cm³/mol. The SMILES string of the molecule is O=C(NCc1ccccc1)c1ccc2cnn(Cc3cccc(Cl)c3)c2c1. The quantitative estimate of drug-likeness (QED) is 0.551. The van der Waals surface area contributed by atoms with Crippen LogP contribution in [0.5, 0.6) is 0 Å². The Morgan fingerprint density at radius 3 is 2.59 bits per heavy atom. The van der Waals surface area contributed by atoms with Crippen LogP contribution in [-0.2, 0) is 13.1 Å². The normalized spacial score (nSPS) is 10.9. The zero-order chi connectivity index (χ0) is 18.6. The zero-order valence-corrected chi connectivity index (χ0v) is 15.4. The van der Waals surface area contributed by atoms with E-state index in [0.717, 1.165) is 22.0 Å². The van der Waals surface area contributed by atoms with Crippen LogP contribution >= 0.6 is 11.6 Å². The van der Waals surface area contributed by atoms with E-state index < -0.39 is 0 Å². The van der Waals surface area contributed by atoms with Crippen molar-refractivity contribution in [1.29, 1.82) is 0 Å². The maximum atomic E-state index is 12.5. The fourth-order valence-corrected chi connectivity index (χ4v) is 3.24. The molecule has 0 bridgehead atoms. The van der Waals surface area contributed by atoms with Crippen LogP contribution in [0.15, 0.2) is 79.0 Å². The first-order valence-corrected chi connectivity index (χ1v) is 9.09. The number of amides is 1. The maximum absolute atomic E-state index is 12.5. The van der Waals surface area contributed by atoms with Gasteiger partial charge in [0.25, 0.3) is 5.91 Å². The molecule has 4 aromatic rings. The third kappa shape index (κ3) is 4.01. The third-order valence-corrected chi connectivity index (χ3v) is 4.66. The fraction of sp³-hybridized carbons (Fsp3) is 0.0909. The Balaban J connectivity index is 1.55. The van der Waals surface area contributed by atoms with Gasteiger partial charge in [0.2, 0.25) is 0 Å². The van der Waals surface area contributed by atoms with E-state index in [1.807, 2.05) is 83.7 Å². The minimum atomic E-state index is -0.101. The van der Waals surface area contributed by atoms with Crippen molar-refractivity contribution in [1.82, 2.24) is 15.1 Å². The lowest BCUT2D eigenvalue weighted by atomic mass is 10.1. The Morgan fingerprint density at radius 1 is 0.963 bits per heavy atom. The first-order valence-electron chi connectivity index (χ1n) is 8.71. The summed E-state index contributed by atoms with van der Waals surface area (Å²) in [6.45, 7) is 1.10. The molecule has 0 atom stereocenters. The highest BCUT2D eigenvalue weighted by atomic mass is 35.5. The van der Waals surface area contributed by atoms with Gasteiger partial charge in [0.1, 0.15) is 0 Å². The molecule has 1 N–H and O–H groups in total. The van der Waals surface area contributed by atoms with E-state index in [2.05, 4.69) is 10.4 Å². The predicted octanol–water partition coefficient (Wildman–Crippen LogP) is 4.67. The van der Waals surface area contributed by atoms with Gasteiger partial charge in [-0.1, -0.05) is 60.1 Å². The number of benzene rings is 3. The van der Waals surface area contributed by atoms with Crippen LogP contribution in [0.1, 0.15) is 21.5 Å². The van der Waals surface area contributed by atoms with Gasteiger partial charge in [-0.3, -0.25) is 9.48 Å². The molecular weight excluding hydrogens is 358 g/mol. The van der Waals surface area contributed by atoms with E-state index in [4.69, 9.17) is 11.6 Å². The Hall–Kier alpha value is -3.11. The number of halogens is 1. The summed E-state index contributed by atoms with van der Waals surface area (Å²) < 4.78 is 1.88. The number of aromatic nitrogens is 2. The van der Waals surface area contributed by atoms with Crippen molar-refractivity contribution in [3.8, 4) is 0 Å². The van der Waals surface area contributed by atoms with Gasteiger partial charge < -0.3 is 5.32 Å². The molecule has 0 spiro atoms. The van der Waals surface area contributed by atoms with Crippen LogP contribution in [0.4, 0.5) is 0 Å². The minimum Gasteiger partial charge on any atom is -0.348 e. The second kappa shape index (κ2) is 7.64. The molecule has 5 heteroatoms. The molecule has 0 aliphatic heterocycles. The summed E-state index contributed by atoms with van der Waals surface area (Å²) in [6, 6.07) is 23.2. The van der Waals surface area contributed by atoms with E-state index in [1.165, 1.54) is 0 Å². The molecule has 27 heavy (non-hydrogen) atoms. The maximum Gasteiger partial charge on any atom is 0.251 e. The third-order valence-electron chi connectivity index (χ3n) is 4.42. The Kier molecular flexibility index (Phi) is 4.90. The second-order valence-corrected chi connectivity index (χ2v) is 6.81. The fourth-order valence-electron chi connectivity index (χ4n) is 3.03. The lowest BCUT2D eigenvalue weighted by Crippen LogP contribution is -2.22. The largest absolute Gasteiger partial charge is 0.348 e. The van der Waals surface area contributed by atoms with Crippen LogP contribution in [-0.4, -0.2) is 15.7 Å². The summed E-state index contributed by atoms with van der Waals surface area (Å²) >= 11 is 6.07. The average molecular weight is 376 g/mol. The number of rotatable bonds is 5. The van der Waals surface area contributed by atoms with Crippen molar-refractivity contribution < 1.29 is 4.79 Å².